The molecule has 44 heavy (non-hydrogen) atoms. The van der Waals surface area contributed by atoms with Gasteiger partial charge in [0.1, 0.15) is 0 Å². The molecular formula is C43H81N. The van der Waals surface area contributed by atoms with Crippen molar-refractivity contribution >= 4 is 0 Å². The summed E-state index contributed by atoms with van der Waals surface area (Å²) in [5, 5.41) is 0. The molecule has 1 rings (SSSR count). The minimum Gasteiger partial charge on any atom is -0.324 e. The fraction of sp³-hybridized carbons (Fsp3) is 0.860. The summed E-state index contributed by atoms with van der Waals surface area (Å²) in [5.74, 6) is 0. The van der Waals surface area contributed by atoms with Gasteiger partial charge in [-0.3, -0.25) is 0 Å². The van der Waals surface area contributed by atoms with Gasteiger partial charge in [-0.15, -0.1) is 0 Å². The van der Waals surface area contributed by atoms with Gasteiger partial charge in [0.15, 0.2) is 0 Å². The molecule has 0 saturated heterocycles. The average molecular weight is 612 g/mol. The first-order valence-electron chi connectivity index (χ1n) is 20.6. The molecule has 0 heterocycles. The highest BCUT2D eigenvalue weighted by molar-refractivity contribution is 5.37. The van der Waals surface area contributed by atoms with E-state index in [1.165, 1.54) is 211 Å². The molecule has 0 amide bonds. The summed E-state index contributed by atoms with van der Waals surface area (Å²) in [6.45, 7) is 6.93. The lowest BCUT2D eigenvalue weighted by Crippen LogP contribution is -2.14. The van der Waals surface area contributed by atoms with E-state index in [1.54, 1.807) is 11.1 Å². The lowest BCUT2D eigenvalue weighted by Gasteiger charge is -2.20. The molecule has 0 radical (unpaired) electrons. The van der Waals surface area contributed by atoms with E-state index >= 15 is 0 Å². The number of hydrogen-bond donors (Lipinski definition) is 1. The highest BCUT2D eigenvalue weighted by atomic mass is 14.6. The predicted octanol–water partition coefficient (Wildman–Crippen LogP) is 14.9. The molecule has 0 bridgehead atoms. The van der Waals surface area contributed by atoms with Gasteiger partial charge in [0.25, 0.3) is 0 Å². The van der Waals surface area contributed by atoms with Gasteiger partial charge in [0.05, 0.1) is 0 Å². The molecule has 1 atom stereocenters. The highest BCUT2D eigenvalue weighted by Crippen LogP contribution is 2.28. The SMILES string of the molecule is CCCCCCCCCCCCc1cccc(C(N)CCCCCCCCCCCC)c1CCCCCCCCCCCC. The molecule has 2 N–H and O–H groups in total. The maximum atomic E-state index is 6.95. The minimum absolute atomic E-state index is 0.217. The van der Waals surface area contributed by atoms with E-state index in [-0.39, 0.29) is 6.04 Å². The Labute approximate surface area is 278 Å². The van der Waals surface area contributed by atoms with Gasteiger partial charge in [0, 0.05) is 6.04 Å². The van der Waals surface area contributed by atoms with Crippen molar-refractivity contribution < 1.29 is 0 Å². The zero-order chi connectivity index (χ0) is 31.8. The van der Waals surface area contributed by atoms with Crippen LogP contribution in [0.3, 0.4) is 0 Å². The van der Waals surface area contributed by atoms with Crippen molar-refractivity contribution in [2.45, 2.75) is 239 Å². The van der Waals surface area contributed by atoms with E-state index in [4.69, 9.17) is 5.73 Å². The average Bonchev–Trinajstić information content (AvgIpc) is 3.04. The van der Waals surface area contributed by atoms with Crippen molar-refractivity contribution in [3.8, 4) is 0 Å². The van der Waals surface area contributed by atoms with E-state index in [1.807, 2.05) is 0 Å². The summed E-state index contributed by atoms with van der Waals surface area (Å²) in [6, 6.07) is 7.36. The number of benzene rings is 1. The topological polar surface area (TPSA) is 26.0 Å². The van der Waals surface area contributed by atoms with Crippen LogP contribution >= 0.6 is 0 Å². The lowest BCUT2D eigenvalue weighted by atomic mass is 9.88. The molecule has 1 nitrogen and oxygen atoms in total. The molecule has 0 fully saturated rings. The highest BCUT2D eigenvalue weighted by Gasteiger charge is 2.14. The molecule has 1 aromatic rings. The Hall–Kier alpha value is -0.820. The van der Waals surface area contributed by atoms with Gasteiger partial charge in [-0.2, -0.15) is 0 Å². The molecule has 0 aromatic heterocycles. The van der Waals surface area contributed by atoms with E-state index in [2.05, 4.69) is 39.0 Å². The lowest BCUT2D eigenvalue weighted by molar-refractivity contribution is 0.526. The zero-order valence-corrected chi connectivity index (χ0v) is 30.7. The first-order chi connectivity index (χ1) is 21.7. The van der Waals surface area contributed by atoms with Gasteiger partial charge in [-0.1, -0.05) is 219 Å². The number of hydrogen-bond acceptors (Lipinski definition) is 1. The molecular weight excluding hydrogens is 530 g/mol. The molecule has 0 aliphatic rings. The van der Waals surface area contributed by atoms with Crippen molar-refractivity contribution in [2.75, 3.05) is 0 Å². The van der Waals surface area contributed by atoms with Crippen LogP contribution in [-0.2, 0) is 12.8 Å². The molecule has 0 spiro atoms. The van der Waals surface area contributed by atoms with Crippen LogP contribution in [0, 0.1) is 0 Å². The fourth-order valence-corrected chi connectivity index (χ4v) is 7.14. The Kier molecular flexibility index (Phi) is 30.1. The van der Waals surface area contributed by atoms with Crippen molar-refractivity contribution in [1.29, 1.82) is 0 Å². The van der Waals surface area contributed by atoms with Crippen LogP contribution in [0.1, 0.15) is 243 Å². The first kappa shape index (κ1) is 41.2. The molecule has 1 aromatic carbocycles. The molecule has 0 saturated carbocycles. The van der Waals surface area contributed by atoms with Crippen LogP contribution in [0.15, 0.2) is 18.2 Å². The largest absolute Gasteiger partial charge is 0.324 e. The van der Waals surface area contributed by atoms with Crippen LogP contribution in [0.2, 0.25) is 0 Å². The molecule has 0 aliphatic carbocycles. The summed E-state index contributed by atoms with van der Waals surface area (Å²) >= 11 is 0. The molecule has 1 unspecified atom stereocenters. The van der Waals surface area contributed by atoms with E-state index < -0.39 is 0 Å². The van der Waals surface area contributed by atoms with E-state index in [9.17, 15) is 0 Å². The Balaban J connectivity index is 2.49. The van der Waals surface area contributed by atoms with Crippen molar-refractivity contribution in [3.63, 3.8) is 0 Å². The maximum absolute atomic E-state index is 6.95. The van der Waals surface area contributed by atoms with Gasteiger partial charge in [-0.25, -0.2) is 0 Å². The van der Waals surface area contributed by atoms with Crippen LogP contribution in [0.5, 0.6) is 0 Å². The quantitative estimate of drug-likeness (QED) is 0.0771. The summed E-state index contributed by atoms with van der Waals surface area (Å²) in [5.41, 5.74) is 11.7. The fourth-order valence-electron chi connectivity index (χ4n) is 7.14. The Morgan fingerprint density at radius 3 is 1.16 bits per heavy atom. The Morgan fingerprint density at radius 2 is 0.750 bits per heavy atom. The van der Waals surface area contributed by atoms with E-state index in [0.29, 0.717) is 0 Å². The smallest absolute Gasteiger partial charge is 0.0297 e. The second kappa shape index (κ2) is 32.1. The van der Waals surface area contributed by atoms with Crippen LogP contribution in [-0.4, -0.2) is 0 Å². The Morgan fingerprint density at radius 1 is 0.409 bits per heavy atom. The molecule has 258 valence electrons. The minimum atomic E-state index is 0.217. The second-order valence-corrected chi connectivity index (χ2v) is 14.4. The van der Waals surface area contributed by atoms with Crippen LogP contribution < -0.4 is 5.73 Å². The van der Waals surface area contributed by atoms with Gasteiger partial charge < -0.3 is 5.73 Å². The summed E-state index contributed by atoms with van der Waals surface area (Å²) in [7, 11) is 0. The third kappa shape index (κ3) is 23.5. The zero-order valence-electron chi connectivity index (χ0n) is 30.7. The van der Waals surface area contributed by atoms with Crippen molar-refractivity contribution in [3.05, 3.63) is 34.9 Å². The van der Waals surface area contributed by atoms with Gasteiger partial charge in [0.2, 0.25) is 0 Å². The maximum Gasteiger partial charge on any atom is 0.0297 e. The second-order valence-electron chi connectivity index (χ2n) is 14.4. The number of unbranched alkanes of at least 4 members (excludes halogenated alkanes) is 27. The summed E-state index contributed by atoms with van der Waals surface area (Å²) in [6.07, 6.45) is 45.8. The standard InChI is InChI=1S/C43H81N/c1-4-7-10-13-16-19-22-25-28-31-35-40-36-34-38-42(41(40)37-32-29-26-23-20-17-14-11-8-5-2)43(44)39-33-30-27-24-21-18-15-12-9-6-3/h34,36,38,43H,4-33,35,37,39,44H2,1-3H3. The van der Waals surface area contributed by atoms with Crippen molar-refractivity contribution in [2.24, 2.45) is 5.73 Å². The first-order valence-corrected chi connectivity index (χ1v) is 20.6. The third-order valence-corrected chi connectivity index (χ3v) is 10.2. The van der Waals surface area contributed by atoms with Crippen molar-refractivity contribution in [1.82, 2.24) is 0 Å². The normalized spacial score (nSPS) is 12.3. The molecule has 1 heteroatoms. The van der Waals surface area contributed by atoms with Crippen LogP contribution in [0.25, 0.3) is 0 Å². The predicted molar refractivity (Wildman–Crippen MR) is 201 cm³/mol. The van der Waals surface area contributed by atoms with E-state index in [0.717, 1.165) is 6.42 Å². The monoisotopic (exact) mass is 612 g/mol. The number of rotatable bonds is 34. The third-order valence-electron chi connectivity index (χ3n) is 10.2. The molecule has 0 aliphatic heterocycles. The summed E-state index contributed by atoms with van der Waals surface area (Å²) < 4.78 is 0. The van der Waals surface area contributed by atoms with Gasteiger partial charge >= 0.3 is 0 Å². The number of aryl methyl sites for hydroxylation is 1. The van der Waals surface area contributed by atoms with Gasteiger partial charge in [-0.05, 0) is 48.8 Å². The number of nitrogens with two attached hydrogens (primary N) is 1. The summed E-state index contributed by atoms with van der Waals surface area (Å²) in [4.78, 5) is 0. The Bertz CT molecular complexity index is 709. The van der Waals surface area contributed by atoms with Crippen LogP contribution in [0.4, 0.5) is 0 Å².